The van der Waals surface area contributed by atoms with Gasteiger partial charge in [-0.3, -0.25) is 4.79 Å². The Balaban J connectivity index is 3.28. The topological polar surface area (TPSA) is 115 Å². The maximum atomic E-state index is 11.1. The molecule has 0 bridgehead atoms. The standard InChI is InChI=1S/C15H15NO6/c1-3-4-16(8-9(2)13(17)18)12-6-10(14(19)20)5-11(7-12)15(21)22/h1,5-7,9H,4,8H2,2H3,(H,17,18)(H,19,20)(H,21,22). The third kappa shape index (κ3) is 4.24. The van der Waals surface area contributed by atoms with E-state index in [-0.39, 0.29) is 29.9 Å². The van der Waals surface area contributed by atoms with Crippen molar-refractivity contribution in [3.8, 4) is 12.3 Å². The highest BCUT2D eigenvalue weighted by atomic mass is 16.4. The quantitative estimate of drug-likeness (QED) is 0.649. The summed E-state index contributed by atoms with van der Waals surface area (Å²) >= 11 is 0. The van der Waals surface area contributed by atoms with Crippen molar-refractivity contribution in [2.24, 2.45) is 5.92 Å². The van der Waals surface area contributed by atoms with Crippen LogP contribution in [-0.4, -0.2) is 46.3 Å². The van der Waals surface area contributed by atoms with E-state index in [9.17, 15) is 14.4 Å². The molecule has 1 unspecified atom stereocenters. The molecule has 0 aromatic heterocycles. The van der Waals surface area contributed by atoms with Crippen molar-refractivity contribution in [2.45, 2.75) is 6.92 Å². The highest BCUT2D eigenvalue weighted by molar-refractivity contribution is 5.95. The smallest absolute Gasteiger partial charge is 0.335 e. The molecule has 0 saturated heterocycles. The van der Waals surface area contributed by atoms with Crippen LogP contribution in [0.5, 0.6) is 0 Å². The van der Waals surface area contributed by atoms with Gasteiger partial charge in [0.2, 0.25) is 0 Å². The molecule has 1 atom stereocenters. The van der Waals surface area contributed by atoms with Crippen LogP contribution in [0.4, 0.5) is 5.69 Å². The summed E-state index contributed by atoms with van der Waals surface area (Å²) in [5.74, 6) is -2.00. The fourth-order valence-electron chi connectivity index (χ4n) is 1.82. The third-order valence-corrected chi connectivity index (χ3v) is 2.97. The number of benzene rings is 1. The third-order valence-electron chi connectivity index (χ3n) is 2.97. The van der Waals surface area contributed by atoms with Crippen LogP contribution in [0.1, 0.15) is 27.6 Å². The fourth-order valence-corrected chi connectivity index (χ4v) is 1.82. The average molecular weight is 305 g/mol. The van der Waals surface area contributed by atoms with Gasteiger partial charge in [0.1, 0.15) is 0 Å². The van der Waals surface area contributed by atoms with Crippen LogP contribution in [0.2, 0.25) is 0 Å². The molecule has 1 aromatic carbocycles. The molecule has 1 aromatic rings. The second-order valence-corrected chi connectivity index (χ2v) is 4.70. The summed E-state index contributed by atoms with van der Waals surface area (Å²) in [7, 11) is 0. The molecular weight excluding hydrogens is 290 g/mol. The first kappa shape index (κ1) is 17.0. The number of terminal acetylenes is 1. The molecule has 0 aliphatic rings. The molecule has 0 aliphatic carbocycles. The van der Waals surface area contributed by atoms with Gasteiger partial charge in [-0.2, -0.15) is 0 Å². The lowest BCUT2D eigenvalue weighted by molar-refractivity contribution is -0.140. The summed E-state index contributed by atoms with van der Waals surface area (Å²) in [6.45, 7) is 1.53. The highest BCUT2D eigenvalue weighted by Gasteiger charge is 2.19. The van der Waals surface area contributed by atoms with Gasteiger partial charge in [0.15, 0.2) is 0 Å². The van der Waals surface area contributed by atoms with E-state index in [4.69, 9.17) is 21.7 Å². The van der Waals surface area contributed by atoms with Crippen molar-refractivity contribution < 1.29 is 29.7 Å². The van der Waals surface area contributed by atoms with Crippen molar-refractivity contribution in [1.82, 2.24) is 0 Å². The number of nitrogens with zero attached hydrogens (tertiary/aromatic N) is 1. The molecule has 0 heterocycles. The first-order valence-corrected chi connectivity index (χ1v) is 6.29. The number of aromatic carboxylic acids is 2. The number of carbonyl (C=O) groups is 3. The van der Waals surface area contributed by atoms with Crippen LogP contribution in [0.25, 0.3) is 0 Å². The second-order valence-electron chi connectivity index (χ2n) is 4.70. The SMILES string of the molecule is C#CCN(CC(C)C(=O)O)c1cc(C(=O)O)cc(C(=O)O)c1. The summed E-state index contributed by atoms with van der Waals surface area (Å²) in [4.78, 5) is 34.6. The molecule has 0 saturated carbocycles. The van der Waals surface area contributed by atoms with E-state index < -0.39 is 23.8 Å². The lowest BCUT2D eigenvalue weighted by atomic mass is 10.1. The lowest BCUT2D eigenvalue weighted by Crippen LogP contribution is -2.32. The molecule has 116 valence electrons. The Bertz CT molecular complexity index is 614. The Kier molecular flexibility index (Phi) is 5.52. The van der Waals surface area contributed by atoms with Crippen molar-refractivity contribution in [1.29, 1.82) is 0 Å². The second kappa shape index (κ2) is 7.13. The predicted molar refractivity (Wildman–Crippen MR) is 78.2 cm³/mol. The number of anilines is 1. The van der Waals surface area contributed by atoms with E-state index in [2.05, 4.69) is 5.92 Å². The molecule has 7 nitrogen and oxygen atoms in total. The minimum absolute atomic E-state index is 0.0275. The van der Waals surface area contributed by atoms with Gasteiger partial charge in [-0.05, 0) is 18.2 Å². The number of hydrogen-bond donors (Lipinski definition) is 3. The minimum atomic E-state index is -1.28. The van der Waals surface area contributed by atoms with Crippen LogP contribution in [0.15, 0.2) is 18.2 Å². The summed E-state index contributed by atoms with van der Waals surface area (Å²) in [6.07, 6.45) is 5.24. The summed E-state index contributed by atoms with van der Waals surface area (Å²) < 4.78 is 0. The molecule has 3 N–H and O–H groups in total. The monoisotopic (exact) mass is 305 g/mol. The zero-order valence-electron chi connectivity index (χ0n) is 11.8. The molecule has 22 heavy (non-hydrogen) atoms. The van der Waals surface area contributed by atoms with Crippen molar-refractivity contribution >= 4 is 23.6 Å². The van der Waals surface area contributed by atoms with Crippen LogP contribution >= 0.6 is 0 Å². The van der Waals surface area contributed by atoms with E-state index in [1.165, 1.54) is 24.0 Å². The van der Waals surface area contributed by atoms with Crippen molar-refractivity contribution in [2.75, 3.05) is 18.0 Å². The van der Waals surface area contributed by atoms with Crippen LogP contribution < -0.4 is 4.90 Å². The largest absolute Gasteiger partial charge is 0.481 e. The van der Waals surface area contributed by atoms with Gasteiger partial charge < -0.3 is 20.2 Å². The minimum Gasteiger partial charge on any atom is -0.481 e. The normalized spacial score (nSPS) is 11.3. The number of aliphatic carboxylic acids is 1. The molecular formula is C15H15NO6. The maximum Gasteiger partial charge on any atom is 0.335 e. The first-order valence-electron chi connectivity index (χ1n) is 6.29. The van der Waals surface area contributed by atoms with Gasteiger partial charge in [0.05, 0.1) is 23.6 Å². The predicted octanol–water partition coefficient (Wildman–Crippen LogP) is 1.24. The zero-order chi connectivity index (χ0) is 16.9. The van der Waals surface area contributed by atoms with Crippen LogP contribution in [0, 0.1) is 18.3 Å². The summed E-state index contributed by atoms with van der Waals surface area (Å²) in [5.41, 5.74) is -0.164. The molecule has 1 rings (SSSR count). The highest BCUT2D eigenvalue weighted by Crippen LogP contribution is 2.21. The Labute approximate surface area is 126 Å². The Hall–Kier alpha value is -3.01. The fraction of sp³-hybridized carbons (Fsp3) is 0.267. The molecule has 7 heteroatoms. The molecule has 0 amide bonds. The summed E-state index contributed by atoms with van der Waals surface area (Å²) in [5, 5.41) is 27.1. The average Bonchev–Trinajstić information content (AvgIpc) is 2.45. The van der Waals surface area contributed by atoms with E-state index in [1.807, 2.05) is 0 Å². The van der Waals surface area contributed by atoms with E-state index in [1.54, 1.807) is 0 Å². The Morgan fingerprint density at radius 3 is 2.00 bits per heavy atom. The van der Waals surface area contributed by atoms with Crippen molar-refractivity contribution in [3.05, 3.63) is 29.3 Å². The van der Waals surface area contributed by atoms with Crippen LogP contribution in [-0.2, 0) is 4.79 Å². The van der Waals surface area contributed by atoms with Crippen LogP contribution in [0.3, 0.4) is 0 Å². The first-order chi connectivity index (χ1) is 10.3. The van der Waals surface area contributed by atoms with Crippen molar-refractivity contribution in [3.63, 3.8) is 0 Å². The molecule has 0 spiro atoms. The summed E-state index contributed by atoms with van der Waals surface area (Å²) in [6, 6.07) is 3.56. The van der Waals surface area contributed by atoms with Gasteiger partial charge in [-0.1, -0.05) is 12.8 Å². The van der Waals surface area contributed by atoms with Gasteiger partial charge in [0.25, 0.3) is 0 Å². The number of hydrogen-bond acceptors (Lipinski definition) is 4. The van der Waals surface area contributed by atoms with E-state index >= 15 is 0 Å². The van der Waals surface area contributed by atoms with E-state index in [0.717, 1.165) is 6.07 Å². The van der Waals surface area contributed by atoms with Gasteiger partial charge in [-0.25, -0.2) is 9.59 Å². The molecule has 0 aliphatic heterocycles. The van der Waals surface area contributed by atoms with Gasteiger partial charge in [-0.15, -0.1) is 6.42 Å². The molecule has 0 fully saturated rings. The zero-order valence-corrected chi connectivity index (χ0v) is 11.8. The maximum absolute atomic E-state index is 11.1. The number of carboxylic acid groups (broad SMARTS) is 3. The van der Waals surface area contributed by atoms with Gasteiger partial charge >= 0.3 is 17.9 Å². The molecule has 0 radical (unpaired) electrons. The van der Waals surface area contributed by atoms with E-state index in [0.29, 0.717) is 0 Å². The Morgan fingerprint density at radius 1 is 1.14 bits per heavy atom. The Morgan fingerprint density at radius 2 is 1.64 bits per heavy atom. The number of carboxylic acids is 3. The van der Waals surface area contributed by atoms with Gasteiger partial charge in [0, 0.05) is 12.2 Å². The lowest BCUT2D eigenvalue weighted by Gasteiger charge is -2.25. The number of rotatable bonds is 7.